The molecular formula is C14H16FNO3. The van der Waals surface area contributed by atoms with Crippen molar-refractivity contribution in [2.75, 3.05) is 13.2 Å². The first-order valence-electron chi connectivity index (χ1n) is 6.48. The Balaban J connectivity index is 1.66. The number of likely N-dealkylation sites (tertiary alicyclic amines) is 1. The van der Waals surface area contributed by atoms with Gasteiger partial charge in [0.2, 0.25) is 0 Å². The van der Waals surface area contributed by atoms with E-state index in [0.717, 1.165) is 6.42 Å². The number of nitrogens with zero attached hydrogens (tertiary/aromatic N) is 1. The third-order valence-electron chi connectivity index (χ3n) is 3.67. The van der Waals surface area contributed by atoms with Gasteiger partial charge in [-0.3, -0.25) is 4.79 Å². The number of rotatable bonds is 3. The zero-order chi connectivity index (χ0) is 13.4. The van der Waals surface area contributed by atoms with E-state index in [9.17, 15) is 9.18 Å². The minimum Gasteiger partial charge on any atom is -0.478 e. The molecule has 1 aromatic rings. The number of hydrogen-bond donors (Lipinski definition) is 0. The van der Waals surface area contributed by atoms with Crippen LogP contribution in [0, 0.1) is 5.82 Å². The second kappa shape index (κ2) is 4.81. The van der Waals surface area contributed by atoms with Gasteiger partial charge in [-0.2, -0.15) is 0 Å². The number of hydrogen-bond acceptors (Lipinski definition) is 3. The van der Waals surface area contributed by atoms with E-state index in [0.29, 0.717) is 13.2 Å². The lowest BCUT2D eigenvalue weighted by Gasteiger charge is -2.29. The van der Waals surface area contributed by atoms with Gasteiger partial charge in [-0.15, -0.1) is 0 Å². The van der Waals surface area contributed by atoms with Crippen molar-refractivity contribution in [3.8, 4) is 5.75 Å². The van der Waals surface area contributed by atoms with Crippen LogP contribution in [0.25, 0.3) is 0 Å². The highest BCUT2D eigenvalue weighted by Crippen LogP contribution is 2.28. The van der Waals surface area contributed by atoms with Gasteiger partial charge in [-0.1, -0.05) is 12.1 Å². The Morgan fingerprint density at radius 1 is 1.53 bits per heavy atom. The Morgan fingerprint density at radius 2 is 2.32 bits per heavy atom. The number of amides is 1. The van der Waals surface area contributed by atoms with Crippen molar-refractivity contribution in [3.63, 3.8) is 0 Å². The molecule has 5 heteroatoms. The Labute approximate surface area is 111 Å². The van der Waals surface area contributed by atoms with Crippen molar-refractivity contribution in [3.05, 3.63) is 30.1 Å². The number of carbonyl (C=O) groups is 1. The van der Waals surface area contributed by atoms with Crippen molar-refractivity contribution in [2.45, 2.75) is 31.6 Å². The summed E-state index contributed by atoms with van der Waals surface area (Å²) in [7, 11) is 0. The fourth-order valence-electron chi connectivity index (χ4n) is 2.68. The molecular weight excluding hydrogens is 249 g/mol. The molecule has 19 heavy (non-hydrogen) atoms. The number of carbonyl (C=O) groups excluding carboxylic acids is 1. The Bertz CT molecular complexity index is 493. The van der Waals surface area contributed by atoms with Crippen molar-refractivity contribution >= 4 is 5.91 Å². The molecule has 0 N–H and O–H groups in total. The van der Waals surface area contributed by atoms with Crippen molar-refractivity contribution in [1.82, 2.24) is 4.90 Å². The minimum atomic E-state index is -0.684. The van der Waals surface area contributed by atoms with Gasteiger partial charge in [0, 0.05) is 6.54 Å². The summed E-state index contributed by atoms with van der Waals surface area (Å²) in [5.41, 5.74) is 0. The van der Waals surface area contributed by atoms with Crippen LogP contribution < -0.4 is 4.74 Å². The maximum Gasteiger partial charge on any atom is 0.263 e. The van der Waals surface area contributed by atoms with E-state index in [1.807, 2.05) is 0 Å². The summed E-state index contributed by atoms with van der Waals surface area (Å²) >= 11 is 0. The normalized spacial score (nSPS) is 26.5. The molecule has 3 rings (SSSR count). The van der Waals surface area contributed by atoms with Crippen LogP contribution in [0.2, 0.25) is 0 Å². The summed E-state index contributed by atoms with van der Waals surface area (Å²) in [5.74, 6) is -0.434. The zero-order valence-corrected chi connectivity index (χ0v) is 10.7. The summed E-state index contributed by atoms with van der Waals surface area (Å²) in [5, 5.41) is 0. The second-order valence-electron chi connectivity index (χ2n) is 5.03. The standard InChI is InChI=1S/C14H16FNO3/c1-9(19-13-5-3-2-4-12(13)15)14(17)16-7-11-6-10(16)8-18-11/h2-5,9-11H,6-8H2,1H3. The second-order valence-corrected chi connectivity index (χ2v) is 5.03. The number of benzene rings is 1. The van der Waals surface area contributed by atoms with E-state index >= 15 is 0 Å². The first-order valence-corrected chi connectivity index (χ1v) is 6.48. The predicted molar refractivity (Wildman–Crippen MR) is 66.3 cm³/mol. The van der Waals surface area contributed by atoms with E-state index in [-0.39, 0.29) is 23.8 Å². The number of para-hydroxylation sites is 1. The first-order chi connectivity index (χ1) is 9.15. The van der Waals surface area contributed by atoms with E-state index in [1.54, 1.807) is 24.0 Å². The average Bonchev–Trinajstić information content (AvgIpc) is 3.03. The quantitative estimate of drug-likeness (QED) is 0.833. The van der Waals surface area contributed by atoms with Crippen molar-refractivity contribution in [2.24, 2.45) is 0 Å². The van der Waals surface area contributed by atoms with Crippen LogP contribution in [0.4, 0.5) is 4.39 Å². The molecule has 102 valence electrons. The predicted octanol–water partition coefficient (Wildman–Crippen LogP) is 1.59. The fraction of sp³-hybridized carbons (Fsp3) is 0.500. The third-order valence-corrected chi connectivity index (χ3v) is 3.67. The molecule has 2 bridgehead atoms. The lowest BCUT2D eigenvalue weighted by atomic mass is 10.2. The van der Waals surface area contributed by atoms with Crippen molar-refractivity contribution < 1.29 is 18.7 Å². The maximum atomic E-state index is 13.5. The molecule has 0 spiro atoms. The number of fused-ring (bicyclic) bond motifs is 2. The van der Waals surface area contributed by atoms with Gasteiger partial charge < -0.3 is 14.4 Å². The van der Waals surface area contributed by atoms with Crippen LogP contribution in [0.5, 0.6) is 5.75 Å². The maximum absolute atomic E-state index is 13.5. The summed E-state index contributed by atoms with van der Waals surface area (Å²) < 4.78 is 24.3. The lowest BCUT2D eigenvalue weighted by Crippen LogP contribution is -2.47. The minimum absolute atomic E-state index is 0.0981. The number of ether oxygens (including phenoxy) is 2. The number of morpholine rings is 1. The molecule has 1 amide bonds. The van der Waals surface area contributed by atoms with E-state index in [1.165, 1.54) is 12.1 Å². The molecule has 3 atom stereocenters. The first kappa shape index (κ1) is 12.4. The summed E-state index contributed by atoms with van der Waals surface area (Å²) in [6.45, 7) is 2.87. The largest absolute Gasteiger partial charge is 0.478 e. The lowest BCUT2D eigenvalue weighted by molar-refractivity contribution is -0.142. The number of halogens is 1. The summed E-state index contributed by atoms with van der Waals surface area (Å²) in [6, 6.07) is 6.27. The average molecular weight is 265 g/mol. The van der Waals surface area contributed by atoms with E-state index < -0.39 is 11.9 Å². The van der Waals surface area contributed by atoms with Gasteiger partial charge in [0.05, 0.1) is 18.8 Å². The molecule has 2 fully saturated rings. The topological polar surface area (TPSA) is 38.8 Å². The molecule has 2 heterocycles. The highest BCUT2D eigenvalue weighted by molar-refractivity contribution is 5.81. The Morgan fingerprint density at radius 3 is 2.95 bits per heavy atom. The van der Waals surface area contributed by atoms with Gasteiger partial charge in [0.1, 0.15) is 0 Å². The van der Waals surface area contributed by atoms with Crippen LogP contribution in [-0.4, -0.2) is 42.2 Å². The van der Waals surface area contributed by atoms with Gasteiger partial charge in [-0.25, -0.2) is 4.39 Å². The van der Waals surface area contributed by atoms with Crippen LogP contribution in [0.1, 0.15) is 13.3 Å². The Kier molecular flexibility index (Phi) is 3.14. The van der Waals surface area contributed by atoms with Gasteiger partial charge in [0.25, 0.3) is 5.91 Å². The van der Waals surface area contributed by atoms with Gasteiger partial charge in [-0.05, 0) is 25.5 Å². The van der Waals surface area contributed by atoms with E-state index in [4.69, 9.17) is 9.47 Å². The molecule has 2 aliphatic rings. The Hall–Kier alpha value is -1.62. The smallest absolute Gasteiger partial charge is 0.263 e. The van der Waals surface area contributed by atoms with Gasteiger partial charge >= 0.3 is 0 Å². The highest BCUT2D eigenvalue weighted by atomic mass is 19.1. The molecule has 3 unspecified atom stereocenters. The molecule has 0 aliphatic carbocycles. The van der Waals surface area contributed by atoms with Crippen molar-refractivity contribution in [1.29, 1.82) is 0 Å². The van der Waals surface area contributed by atoms with Crippen LogP contribution in [-0.2, 0) is 9.53 Å². The van der Waals surface area contributed by atoms with Crippen LogP contribution in [0.3, 0.4) is 0 Å². The third kappa shape index (κ3) is 2.30. The SMILES string of the molecule is CC(Oc1ccccc1F)C(=O)N1CC2CC1CO2. The van der Waals surface area contributed by atoms with E-state index in [2.05, 4.69) is 0 Å². The molecule has 0 radical (unpaired) electrons. The fourth-order valence-corrected chi connectivity index (χ4v) is 2.68. The molecule has 0 aromatic heterocycles. The van der Waals surface area contributed by atoms with Crippen LogP contribution in [0.15, 0.2) is 24.3 Å². The summed E-state index contributed by atoms with van der Waals surface area (Å²) in [6.07, 6.45) is 0.379. The molecule has 2 saturated heterocycles. The summed E-state index contributed by atoms with van der Waals surface area (Å²) in [4.78, 5) is 14.1. The zero-order valence-electron chi connectivity index (χ0n) is 10.7. The molecule has 0 saturated carbocycles. The molecule has 2 aliphatic heterocycles. The molecule has 1 aromatic carbocycles. The van der Waals surface area contributed by atoms with Crippen LogP contribution >= 0.6 is 0 Å². The molecule has 4 nitrogen and oxygen atoms in total. The van der Waals surface area contributed by atoms with Gasteiger partial charge in [0.15, 0.2) is 17.7 Å². The monoisotopic (exact) mass is 265 g/mol. The highest BCUT2D eigenvalue weighted by Gasteiger charge is 2.42.